The molecule has 0 aromatic carbocycles. The van der Waals surface area contributed by atoms with Crippen LogP contribution >= 0.6 is 0 Å². The molecule has 0 aromatic heterocycles. The molecule has 0 rings (SSSR count). The van der Waals surface area contributed by atoms with Gasteiger partial charge < -0.3 is 5.32 Å². The third kappa shape index (κ3) is 5.01. The molecule has 3 heteroatoms. The van der Waals surface area contributed by atoms with E-state index in [1.165, 1.54) is 0 Å². The van der Waals surface area contributed by atoms with Crippen molar-refractivity contribution < 1.29 is 9.90 Å². The first-order chi connectivity index (χ1) is 3.63. The lowest BCUT2D eigenvalue weighted by Crippen LogP contribution is -2.20. The van der Waals surface area contributed by atoms with Crippen LogP contribution in [0.25, 0.3) is 0 Å². The molecule has 0 aliphatic carbocycles. The Labute approximate surface area is 48.0 Å². The van der Waals surface area contributed by atoms with Gasteiger partial charge in [0, 0.05) is 6.54 Å². The molecule has 0 saturated carbocycles. The van der Waals surface area contributed by atoms with Gasteiger partial charge in [-0.3, -0.25) is 0 Å². The number of hydrogen-bond donors (Lipinski definition) is 1. The second kappa shape index (κ2) is 3.07. The maximum absolute atomic E-state index is 9.64. The van der Waals surface area contributed by atoms with Gasteiger partial charge >= 0.3 is 6.09 Å². The van der Waals surface area contributed by atoms with Gasteiger partial charge in [-0.2, -0.15) is 0 Å². The number of hydrogen-bond acceptors (Lipinski definition) is 1. The minimum Gasteiger partial charge on any atom is -0.315 e. The minimum atomic E-state index is -1.26. The molecule has 0 spiro atoms. The monoisotopic (exact) mass is 114 g/mol. The summed E-state index contributed by atoms with van der Waals surface area (Å²) in [5.41, 5.74) is 0.772. The molecule has 0 unspecified atom stereocenters. The minimum absolute atomic E-state index is 0.280. The normalized spacial score (nSPS) is 8.12. The van der Waals surface area contributed by atoms with Crippen molar-refractivity contribution in [2.24, 2.45) is 0 Å². The molecule has 8 heavy (non-hydrogen) atoms. The lowest BCUT2D eigenvalue weighted by molar-refractivity contribution is 0.169. The lowest BCUT2D eigenvalue weighted by atomic mass is 10.4. The van der Waals surface area contributed by atoms with E-state index in [9.17, 15) is 9.90 Å². The zero-order valence-corrected chi connectivity index (χ0v) is 4.73. The Morgan fingerprint density at radius 1 is 1.75 bits per heavy atom. The van der Waals surface area contributed by atoms with Gasteiger partial charge in [-0.15, -0.1) is 0 Å². The molecular formula is C5H8NO2. The highest BCUT2D eigenvalue weighted by atomic mass is 16.4. The Hall–Kier alpha value is -0.990. The van der Waals surface area contributed by atoms with Crippen LogP contribution in [-0.4, -0.2) is 12.6 Å². The summed E-state index contributed by atoms with van der Waals surface area (Å²) in [6, 6.07) is 0. The van der Waals surface area contributed by atoms with Crippen LogP contribution in [-0.2, 0) is 5.11 Å². The van der Waals surface area contributed by atoms with E-state index in [1.54, 1.807) is 6.92 Å². The topological polar surface area (TPSA) is 49.0 Å². The molecule has 0 fully saturated rings. The van der Waals surface area contributed by atoms with Crippen molar-refractivity contribution in [3.05, 3.63) is 12.2 Å². The predicted octanol–water partition coefficient (Wildman–Crippen LogP) is 0.703. The van der Waals surface area contributed by atoms with E-state index in [0.717, 1.165) is 5.57 Å². The molecule has 1 amide bonds. The summed E-state index contributed by atoms with van der Waals surface area (Å²) in [6.45, 7) is 5.49. The maximum atomic E-state index is 9.64. The third-order valence-corrected chi connectivity index (χ3v) is 0.535. The molecule has 0 aliphatic heterocycles. The van der Waals surface area contributed by atoms with Crippen LogP contribution < -0.4 is 5.32 Å². The van der Waals surface area contributed by atoms with Crippen molar-refractivity contribution in [3.8, 4) is 0 Å². The van der Waals surface area contributed by atoms with E-state index in [4.69, 9.17) is 0 Å². The van der Waals surface area contributed by atoms with E-state index in [0.29, 0.717) is 0 Å². The van der Waals surface area contributed by atoms with Crippen molar-refractivity contribution in [1.29, 1.82) is 0 Å². The third-order valence-electron chi connectivity index (χ3n) is 0.535. The van der Waals surface area contributed by atoms with Crippen LogP contribution in [0.5, 0.6) is 0 Å². The summed E-state index contributed by atoms with van der Waals surface area (Å²) < 4.78 is 0. The quantitative estimate of drug-likeness (QED) is 0.528. The van der Waals surface area contributed by atoms with Crippen LogP contribution in [0.15, 0.2) is 12.2 Å². The highest BCUT2D eigenvalue weighted by Crippen LogP contribution is 1.79. The fourth-order valence-electron chi connectivity index (χ4n) is 0.223. The fourth-order valence-corrected chi connectivity index (χ4v) is 0.223. The Balaban J connectivity index is 3.18. The standard InChI is InChI=1S/C5H8NO2/c1-4(2)3-6-5(7)8/h6H,1,3H2,2H3. The molecule has 45 valence electrons. The van der Waals surface area contributed by atoms with Gasteiger partial charge in [0.2, 0.25) is 0 Å². The van der Waals surface area contributed by atoms with Gasteiger partial charge in [0.1, 0.15) is 0 Å². The summed E-state index contributed by atoms with van der Waals surface area (Å²) in [7, 11) is 0. The van der Waals surface area contributed by atoms with Gasteiger partial charge in [0.25, 0.3) is 0 Å². The van der Waals surface area contributed by atoms with E-state index < -0.39 is 6.09 Å². The summed E-state index contributed by atoms with van der Waals surface area (Å²) in [6.07, 6.45) is -1.26. The number of amides is 1. The van der Waals surface area contributed by atoms with E-state index in [1.807, 2.05) is 0 Å². The smallest absolute Gasteiger partial charge is 0.315 e. The summed E-state index contributed by atoms with van der Waals surface area (Å²) in [5, 5.41) is 11.7. The molecule has 0 aromatic rings. The van der Waals surface area contributed by atoms with Gasteiger partial charge in [-0.1, -0.05) is 12.2 Å². The van der Waals surface area contributed by atoms with Crippen molar-refractivity contribution in [2.45, 2.75) is 6.92 Å². The van der Waals surface area contributed by atoms with Gasteiger partial charge in [0.05, 0.1) is 0 Å². The molecule has 0 atom stereocenters. The fraction of sp³-hybridized carbons (Fsp3) is 0.400. The largest absolute Gasteiger partial charge is 0.450 e. The average molecular weight is 114 g/mol. The van der Waals surface area contributed by atoms with Crippen molar-refractivity contribution >= 4 is 6.09 Å². The Morgan fingerprint density at radius 2 is 2.25 bits per heavy atom. The average Bonchev–Trinajstić information content (AvgIpc) is 1.61. The zero-order valence-electron chi connectivity index (χ0n) is 4.73. The molecule has 3 nitrogen and oxygen atoms in total. The van der Waals surface area contributed by atoms with E-state index in [2.05, 4.69) is 11.9 Å². The summed E-state index contributed by atoms with van der Waals surface area (Å²) in [4.78, 5) is 9.64. The SMILES string of the molecule is C=C(C)CNC([O])=O. The summed E-state index contributed by atoms with van der Waals surface area (Å²) >= 11 is 0. The first kappa shape index (κ1) is 7.01. The van der Waals surface area contributed by atoms with Crippen LogP contribution in [0.1, 0.15) is 6.92 Å². The zero-order chi connectivity index (χ0) is 6.57. The number of nitrogens with one attached hydrogen (secondary N) is 1. The Morgan fingerprint density at radius 3 is 2.38 bits per heavy atom. The van der Waals surface area contributed by atoms with Crippen molar-refractivity contribution in [3.63, 3.8) is 0 Å². The van der Waals surface area contributed by atoms with Crippen molar-refractivity contribution in [2.75, 3.05) is 6.54 Å². The Bertz CT molecular complexity index is 95.0. The number of carbonyl (C=O) groups excluding carboxylic acids is 1. The first-order valence-electron chi connectivity index (χ1n) is 2.22. The van der Waals surface area contributed by atoms with Gasteiger partial charge in [-0.25, -0.2) is 9.90 Å². The highest BCUT2D eigenvalue weighted by molar-refractivity contribution is 5.64. The second-order valence-electron chi connectivity index (χ2n) is 1.60. The molecule has 1 N–H and O–H groups in total. The van der Waals surface area contributed by atoms with Crippen LogP contribution in [0, 0.1) is 0 Å². The molecule has 0 saturated heterocycles. The maximum Gasteiger partial charge on any atom is 0.450 e. The van der Waals surface area contributed by atoms with Gasteiger partial charge in [0.15, 0.2) is 0 Å². The predicted molar refractivity (Wildman–Crippen MR) is 28.9 cm³/mol. The van der Waals surface area contributed by atoms with E-state index in [-0.39, 0.29) is 6.54 Å². The Kier molecular flexibility index (Phi) is 2.69. The first-order valence-corrected chi connectivity index (χ1v) is 2.22. The highest BCUT2D eigenvalue weighted by Gasteiger charge is 1.93. The van der Waals surface area contributed by atoms with Crippen molar-refractivity contribution in [1.82, 2.24) is 5.32 Å². The second-order valence-corrected chi connectivity index (χ2v) is 1.60. The molecular weight excluding hydrogens is 106 g/mol. The molecule has 1 radical (unpaired) electrons. The van der Waals surface area contributed by atoms with E-state index >= 15 is 0 Å². The molecule has 0 heterocycles. The number of rotatable bonds is 2. The molecule has 0 aliphatic rings. The van der Waals surface area contributed by atoms with Crippen LogP contribution in [0.3, 0.4) is 0 Å². The van der Waals surface area contributed by atoms with Crippen LogP contribution in [0.4, 0.5) is 4.79 Å². The number of carbonyl (C=O) groups is 1. The summed E-state index contributed by atoms with van der Waals surface area (Å²) in [5.74, 6) is 0. The van der Waals surface area contributed by atoms with Crippen LogP contribution in [0.2, 0.25) is 0 Å². The molecule has 0 bridgehead atoms. The van der Waals surface area contributed by atoms with Gasteiger partial charge in [-0.05, 0) is 6.92 Å². The lowest BCUT2D eigenvalue weighted by Gasteiger charge is -1.93.